The van der Waals surface area contributed by atoms with E-state index >= 15 is 0 Å². The van der Waals surface area contributed by atoms with Crippen LogP contribution in [0.15, 0.2) is 53.8 Å². The number of fused-ring (bicyclic) bond motifs is 2. The van der Waals surface area contributed by atoms with E-state index < -0.39 is 0 Å². The van der Waals surface area contributed by atoms with Gasteiger partial charge in [0.1, 0.15) is 29.4 Å². The number of nitrogens with zero attached hydrogens (tertiary/aromatic N) is 8. The van der Waals surface area contributed by atoms with Crippen molar-refractivity contribution in [1.82, 2.24) is 29.1 Å². The summed E-state index contributed by atoms with van der Waals surface area (Å²) in [6.07, 6.45) is 6.27. The SMILES string of the molecule is N#Cc1cccc(-n2c([C@@H]3CCCN3c3ncnc4[nH]cc(C#N)c34)nn3ccc(Cl)c3c2=O)c1.S. The van der Waals surface area contributed by atoms with Gasteiger partial charge in [-0.1, -0.05) is 17.7 Å². The molecule has 0 aliphatic carbocycles. The molecule has 0 amide bonds. The van der Waals surface area contributed by atoms with Crippen molar-refractivity contribution in [1.29, 1.82) is 10.5 Å². The van der Waals surface area contributed by atoms with E-state index in [0.717, 1.165) is 6.42 Å². The molecule has 1 aliphatic rings. The predicted octanol–water partition coefficient (Wildman–Crippen LogP) is 3.61. The van der Waals surface area contributed by atoms with Crippen molar-refractivity contribution in [3.8, 4) is 17.8 Å². The number of aromatic nitrogens is 6. The van der Waals surface area contributed by atoms with Gasteiger partial charge in [0.05, 0.1) is 39.3 Å². The Morgan fingerprint density at radius 2 is 2.03 bits per heavy atom. The summed E-state index contributed by atoms with van der Waals surface area (Å²) in [6, 6.07) is 12.5. The Morgan fingerprint density at radius 1 is 1.17 bits per heavy atom. The molecule has 0 radical (unpaired) electrons. The number of rotatable bonds is 3. The van der Waals surface area contributed by atoms with Gasteiger partial charge in [-0.3, -0.25) is 9.36 Å². The predicted molar refractivity (Wildman–Crippen MR) is 139 cm³/mol. The first kappa shape index (κ1) is 23.4. The lowest BCUT2D eigenvalue weighted by atomic mass is 10.1. The number of nitrogens with one attached hydrogen (secondary N) is 1. The Hall–Kier alpha value is -4.32. The minimum atomic E-state index is -0.334. The van der Waals surface area contributed by atoms with Crippen LogP contribution in [0.25, 0.3) is 22.2 Å². The second kappa shape index (κ2) is 9.04. The fraction of sp³-hybridized carbons (Fsp3) is 0.167. The van der Waals surface area contributed by atoms with Crippen LogP contribution >= 0.6 is 25.1 Å². The first-order chi connectivity index (χ1) is 17.1. The van der Waals surface area contributed by atoms with E-state index in [2.05, 4.69) is 32.0 Å². The molecule has 12 heteroatoms. The number of aromatic amines is 1. The molecule has 0 unspecified atom stereocenters. The number of H-pyrrole nitrogens is 1. The van der Waals surface area contributed by atoms with E-state index in [0.29, 0.717) is 57.5 Å². The standard InChI is InChI=1S/C24H16ClN9O.H2S/c25-17-6-8-33-20(17)24(35)34(16-4-1-3-14(9-16)10-26)22(31-33)18-5-2-7-32(18)23-19-15(11-27)12-28-21(19)29-13-30-23;/h1,3-4,6,8-9,12-13,18H,2,5,7H2,(H,28,29,30);1H2/t18-;/m0./s1. The highest BCUT2D eigenvalue weighted by Gasteiger charge is 2.34. The van der Waals surface area contributed by atoms with Crippen molar-refractivity contribution in [3.05, 3.63) is 81.4 Å². The van der Waals surface area contributed by atoms with Gasteiger partial charge in [-0.15, -0.1) is 0 Å². The molecular formula is C24H18ClN9OS. The van der Waals surface area contributed by atoms with Crippen LogP contribution in [-0.2, 0) is 0 Å². The van der Waals surface area contributed by atoms with Gasteiger partial charge < -0.3 is 9.88 Å². The molecule has 5 aromatic rings. The maximum Gasteiger partial charge on any atom is 0.284 e. The Morgan fingerprint density at radius 3 is 2.83 bits per heavy atom. The van der Waals surface area contributed by atoms with E-state index in [1.165, 1.54) is 15.4 Å². The monoisotopic (exact) mass is 515 g/mol. The van der Waals surface area contributed by atoms with Gasteiger partial charge in [-0.2, -0.15) is 29.1 Å². The fourth-order valence-electron chi connectivity index (χ4n) is 4.77. The third-order valence-electron chi connectivity index (χ3n) is 6.29. The quantitative estimate of drug-likeness (QED) is 0.388. The molecule has 1 N–H and O–H groups in total. The van der Waals surface area contributed by atoms with Crippen LogP contribution in [0.1, 0.15) is 35.8 Å². The molecule has 0 bridgehead atoms. The minimum Gasteiger partial charge on any atom is -0.346 e. The highest BCUT2D eigenvalue weighted by molar-refractivity contribution is 7.59. The normalized spacial score (nSPS) is 15.1. The minimum absolute atomic E-state index is 0. The molecule has 0 spiro atoms. The second-order valence-electron chi connectivity index (χ2n) is 8.20. The molecule has 1 saturated heterocycles. The number of halogens is 1. The van der Waals surface area contributed by atoms with E-state index in [4.69, 9.17) is 16.7 Å². The number of nitriles is 2. The third-order valence-corrected chi connectivity index (χ3v) is 6.59. The van der Waals surface area contributed by atoms with Crippen LogP contribution < -0.4 is 10.5 Å². The summed E-state index contributed by atoms with van der Waals surface area (Å²) in [7, 11) is 0. The largest absolute Gasteiger partial charge is 0.346 e. The van der Waals surface area contributed by atoms with Gasteiger partial charge in [0.25, 0.3) is 5.56 Å². The highest BCUT2D eigenvalue weighted by Crippen LogP contribution is 2.38. The molecular weight excluding hydrogens is 498 g/mol. The molecule has 1 fully saturated rings. The highest BCUT2D eigenvalue weighted by atomic mass is 35.5. The Bertz CT molecular complexity index is 1770. The molecule has 10 nitrogen and oxygen atoms in total. The zero-order valence-electron chi connectivity index (χ0n) is 18.7. The summed E-state index contributed by atoms with van der Waals surface area (Å²) in [6.45, 7) is 0.658. The zero-order chi connectivity index (χ0) is 24.1. The zero-order valence-corrected chi connectivity index (χ0v) is 20.4. The van der Waals surface area contributed by atoms with Crippen LogP contribution in [0.5, 0.6) is 0 Å². The summed E-state index contributed by atoms with van der Waals surface area (Å²) < 4.78 is 3.01. The molecule has 1 aliphatic heterocycles. The Kier molecular flexibility index (Phi) is 5.88. The lowest BCUT2D eigenvalue weighted by Crippen LogP contribution is -2.33. The average Bonchev–Trinajstić information content (AvgIpc) is 3.62. The Balaban J connectivity index is 0.00000267. The number of benzene rings is 1. The van der Waals surface area contributed by atoms with Crippen molar-refractivity contribution >= 4 is 47.5 Å². The van der Waals surface area contributed by atoms with E-state index in [1.54, 1.807) is 42.7 Å². The van der Waals surface area contributed by atoms with Crippen LogP contribution in [-0.4, -0.2) is 35.7 Å². The maximum absolute atomic E-state index is 13.7. The number of anilines is 1. The third kappa shape index (κ3) is 3.49. The van der Waals surface area contributed by atoms with Gasteiger partial charge in [0.15, 0.2) is 5.82 Å². The average molecular weight is 516 g/mol. The number of hydrogen-bond acceptors (Lipinski definition) is 7. The molecule has 178 valence electrons. The smallest absolute Gasteiger partial charge is 0.284 e. The van der Waals surface area contributed by atoms with Crippen LogP contribution in [0.4, 0.5) is 5.82 Å². The molecule has 36 heavy (non-hydrogen) atoms. The van der Waals surface area contributed by atoms with Crippen molar-refractivity contribution in [3.63, 3.8) is 0 Å². The van der Waals surface area contributed by atoms with E-state index in [1.807, 2.05) is 0 Å². The lowest BCUT2D eigenvalue weighted by molar-refractivity contribution is 0.602. The molecule has 0 saturated carbocycles. The van der Waals surface area contributed by atoms with Crippen molar-refractivity contribution in [2.75, 3.05) is 11.4 Å². The van der Waals surface area contributed by atoms with Crippen LogP contribution in [0.2, 0.25) is 5.02 Å². The van der Waals surface area contributed by atoms with Gasteiger partial charge in [-0.25, -0.2) is 14.5 Å². The van der Waals surface area contributed by atoms with Crippen molar-refractivity contribution in [2.45, 2.75) is 18.9 Å². The fourth-order valence-corrected chi connectivity index (χ4v) is 4.99. The summed E-state index contributed by atoms with van der Waals surface area (Å²) in [5, 5.41) is 24.8. The first-order valence-corrected chi connectivity index (χ1v) is 11.3. The summed E-state index contributed by atoms with van der Waals surface area (Å²) in [5.41, 5.74) is 1.88. The molecule has 6 rings (SSSR count). The second-order valence-corrected chi connectivity index (χ2v) is 8.61. The van der Waals surface area contributed by atoms with Crippen molar-refractivity contribution < 1.29 is 0 Å². The summed E-state index contributed by atoms with van der Waals surface area (Å²) >= 11 is 6.33. The summed E-state index contributed by atoms with van der Waals surface area (Å²) in [4.78, 5) is 27.6. The maximum atomic E-state index is 13.7. The molecule has 1 atom stereocenters. The first-order valence-electron chi connectivity index (χ1n) is 10.9. The Labute approximate surface area is 216 Å². The molecule has 4 aromatic heterocycles. The lowest BCUT2D eigenvalue weighted by Gasteiger charge is -2.27. The topological polar surface area (TPSA) is 132 Å². The van der Waals surface area contributed by atoms with Gasteiger partial charge in [0.2, 0.25) is 0 Å². The van der Waals surface area contributed by atoms with Crippen LogP contribution in [0.3, 0.4) is 0 Å². The summed E-state index contributed by atoms with van der Waals surface area (Å²) in [5.74, 6) is 1.09. The van der Waals surface area contributed by atoms with Gasteiger partial charge in [0, 0.05) is 18.9 Å². The molecule has 5 heterocycles. The van der Waals surface area contributed by atoms with E-state index in [9.17, 15) is 15.3 Å². The van der Waals surface area contributed by atoms with Crippen molar-refractivity contribution in [2.24, 2.45) is 0 Å². The number of hydrogen-bond donors (Lipinski definition) is 1. The van der Waals surface area contributed by atoms with Gasteiger partial charge >= 0.3 is 0 Å². The van der Waals surface area contributed by atoms with Crippen LogP contribution in [0, 0.1) is 22.7 Å². The van der Waals surface area contributed by atoms with E-state index in [-0.39, 0.29) is 30.6 Å². The van der Waals surface area contributed by atoms with Gasteiger partial charge in [-0.05, 0) is 37.1 Å². The molecule has 1 aromatic carbocycles.